The molecular formula is C25H21ClN2O4S2. The summed E-state index contributed by atoms with van der Waals surface area (Å²) in [5, 5.41) is 12.4. The SMILES string of the molecule is COc1ccccc1Sc1nc(Sc2ccccc2)n(Cc2cc3c(cc2Cl)OCO3)c1CO. The molecule has 1 N–H and O–H groups in total. The molecule has 4 aromatic rings. The zero-order chi connectivity index (χ0) is 23.5. The number of aliphatic hydroxyl groups excluding tert-OH is 1. The van der Waals surface area contributed by atoms with Gasteiger partial charge in [0.25, 0.3) is 0 Å². The zero-order valence-corrected chi connectivity index (χ0v) is 20.6. The van der Waals surface area contributed by atoms with Gasteiger partial charge in [-0.15, -0.1) is 0 Å². The van der Waals surface area contributed by atoms with Gasteiger partial charge in [0.05, 0.1) is 30.9 Å². The molecule has 0 saturated carbocycles. The lowest BCUT2D eigenvalue weighted by Crippen LogP contribution is -2.07. The molecule has 2 heterocycles. The van der Waals surface area contributed by atoms with Crippen LogP contribution in [0.5, 0.6) is 17.2 Å². The second-order valence-corrected chi connectivity index (χ2v) is 9.83. The van der Waals surface area contributed by atoms with Crippen LogP contribution in [-0.4, -0.2) is 28.6 Å². The van der Waals surface area contributed by atoms with Gasteiger partial charge in [-0.2, -0.15) is 0 Å². The van der Waals surface area contributed by atoms with E-state index in [4.69, 9.17) is 30.8 Å². The van der Waals surface area contributed by atoms with Gasteiger partial charge in [-0.3, -0.25) is 0 Å². The van der Waals surface area contributed by atoms with Crippen LogP contribution in [0.15, 0.2) is 86.7 Å². The van der Waals surface area contributed by atoms with E-state index in [0.717, 1.165) is 26.3 Å². The molecule has 174 valence electrons. The molecular weight excluding hydrogens is 492 g/mol. The Morgan fingerprint density at radius 1 is 1.03 bits per heavy atom. The number of rotatable bonds is 8. The quantitative estimate of drug-likeness (QED) is 0.305. The van der Waals surface area contributed by atoms with Crippen molar-refractivity contribution in [2.75, 3.05) is 13.9 Å². The van der Waals surface area contributed by atoms with Crippen molar-refractivity contribution in [2.24, 2.45) is 0 Å². The molecule has 3 aromatic carbocycles. The first-order chi connectivity index (χ1) is 16.7. The minimum Gasteiger partial charge on any atom is -0.496 e. The van der Waals surface area contributed by atoms with Gasteiger partial charge < -0.3 is 23.9 Å². The summed E-state index contributed by atoms with van der Waals surface area (Å²) in [5.41, 5.74) is 1.55. The predicted molar refractivity (Wildman–Crippen MR) is 133 cm³/mol. The van der Waals surface area contributed by atoms with E-state index in [0.29, 0.717) is 33.8 Å². The molecule has 1 aliphatic rings. The second kappa shape index (κ2) is 10.2. The van der Waals surface area contributed by atoms with Crippen LogP contribution in [0, 0.1) is 0 Å². The van der Waals surface area contributed by atoms with Gasteiger partial charge in [0.1, 0.15) is 10.8 Å². The first-order valence-corrected chi connectivity index (χ1v) is 12.5. The number of nitrogens with zero attached hydrogens (tertiary/aromatic N) is 2. The minimum atomic E-state index is -0.179. The molecule has 0 amide bonds. The Hall–Kier alpha value is -2.78. The maximum atomic E-state index is 10.4. The molecule has 5 rings (SSSR count). The third kappa shape index (κ3) is 4.72. The molecule has 6 nitrogen and oxygen atoms in total. The predicted octanol–water partition coefficient (Wildman–Crippen LogP) is 6.12. The summed E-state index contributed by atoms with van der Waals surface area (Å²) in [5.74, 6) is 2.04. The molecule has 34 heavy (non-hydrogen) atoms. The van der Waals surface area contributed by atoms with E-state index in [9.17, 15) is 5.11 Å². The molecule has 1 aliphatic heterocycles. The average molecular weight is 513 g/mol. The van der Waals surface area contributed by atoms with Crippen molar-refractivity contribution in [1.82, 2.24) is 9.55 Å². The van der Waals surface area contributed by atoms with E-state index in [-0.39, 0.29) is 13.4 Å². The van der Waals surface area contributed by atoms with Crippen LogP contribution in [0.1, 0.15) is 11.3 Å². The molecule has 9 heteroatoms. The highest BCUT2D eigenvalue weighted by atomic mass is 35.5. The molecule has 1 aromatic heterocycles. The van der Waals surface area contributed by atoms with Crippen LogP contribution < -0.4 is 14.2 Å². The largest absolute Gasteiger partial charge is 0.496 e. The van der Waals surface area contributed by atoms with Gasteiger partial charge in [0.15, 0.2) is 16.7 Å². The summed E-state index contributed by atoms with van der Waals surface area (Å²) >= 11 is 9.58. The Morgan fingerprint density at radius 2 is 1.76 bits per heavy atom. The number of aromatic nitrogens is 2. The smallest absolute Gasteiger partial charge is 0.231 e. The van der Waals surface area contributed by atoms with Gasteiger partial charge in [-0.1, -0.05) is 65.5 Å². The van der Waals surface area contributed by atoms with Crippen molar-refractivity contribution in [3.05, 3.63) is 83.0 Å². The van der Waals surface area contributed by atoms with Crippen molar-refractivity contribution in [3.63, 3.8) is 0 Å². The summed E-state index contributed by atoms with van der Waals surface area (Å²) in [7, 11) is 1.64. The molecule has 0 fully saturated rings. The van der Waals surface area contributed by atoms with Gasteiger partial charge in [-0.25, -0.2) is 4.98 Å². The van der Waals surface area contributed by atoms with Gasteiger partial charge in [0.2, 0.25) is 6.79 Å². The summed E-state index contributed by atoms with van der Waals surface area (Å²) in [6, 6.07) is 21.4. The monoisotopic (exact) mass is 512 g/mol. The van der Waals surface area contributed by atoms with Gasteiger partial charge in [0, 0.05) is 16.0 Å². The highest BCUT2D eigenvalue weighted by molar-refractivity contribution is 8.00. The topological polar surface area (TPSA) is 65.7 Å². The maximum absolute atomic E-state index is 10.4. The number of benzene rings is 3. The van der Waals surface area contributed by atoms with Crippen molar-refractivity contribution in [3.8, 4) is 17.2 Å². The highest BCUT2D eigenvalue weighted by Gasteiger charge is 2.22. The standard InChI is InChI=1S/C25H21ClN2O4S2/c1-30-20-9-5-6-10-23(20)34-24-19(14-29)28(25(27-24)33-17-7-3-2-4-8-17)13-16-11-21-22(12-18(16)26)32-15-31-21/h2-12,29H,13-15H2,1H3. The Morgan fingerprint density at radius 3 is 2.53 bits per heavy atom. The number of imidazole rings is 1. The number of hydrogen-bond donors (Lipinski definition) is 1. The van der Waals surface area contributed by atoms with Crippen LogP contribution in [-0.2, 0) is 13.2 Å². The number of aliphatic hydroxyl groups is 1. The lowest BCUT2D eigenvalue weighted by atomic mass is 10.2. The minimum absolute atomic E-state index is 0.177. The fraction of sp³-hybridized carbons (Fsp3) is 0.160. The molecule has 0 atom stereocenters. The summed E-state index contributed by atoms with van der Waals surface area (Å²) in [6.07, 6.45) is 0. The normalized spacial score (nSPS) is 12.2. The fourth-order valence-electron chi connectivity index (χ4n) is 3.57. The Bertz CT molecular complexity index is 1310. The van der Waals surface area contributed by atoms with Crippen LogP contribution in [0.3, 0.4) is 0 Å². The first kappa shape index (κ1) is 23.0. The molecule has 0 bridgehead atoms. The third-order valence-electron chi connectivity index (χ3n) is 5.25. The molecule has 0 aliphatic carbocycles. The molecule has 0 spiro atoms. The van der Waals surface area contributed by atoms with E-state index in [1.807, 2.05) is 65.2 Å². The van der Waals surface area contributed by atoms with E-state index in [1.54, 1.807) is 13.2 Å². The van der Waals surface area contributed by atoms with E-state index in [1.165, 1.54) is 23.5 Å². The molecule has 0 saturated heterocycles. The number of hydrogen-bond acceptors (Lipinski definition) is 7. The molecule has 0 unspecified atom stereocenters. The average Bonchev–Trinajstić information content (AvgIpc) is 3.44. The van der Waals surface area contributed by atoms with E-state index >= 15 is 0 Å². The third-order valence-corrected chi connectivity index (χ3v) is 7.68. The van der Waals surface area contributed by atoms with Crippen LogP contribution >= 0.6 is 35.1 Å². The number of para-hydroxylation sites is 1. The number of fused-ring (bicyclic) bond motifs is 1. The summed E-state index contributed by atoms with van der Waals surface area (Å²) in [4.78, 5) is 6.88. The van der Waals surface area contributed by atoms with E-state index < -0.39 is 0 Å². The lowest BCUT2D eigenvalue weighted by Gasteiger charge is -2.13. The van der Waals surface area contributed by atoms with Crippen molar-refractivity contribution >= 4 is 35.1 Å². The number of ether oxygens (including phenoxy) is 3. The fourth-order valence-corrected chi connectivity index (χ4v) is 5.80. The van der Waals surface area contributed by atoms with E-state index in [2.05, 4.69) is 0 Å². The molecule has 0 radical (unpaired) electrons. The summed E-state index contributed by atoms with van der Waals surface area (Å²) < 4.78 is 18.5. The van der Waals surface area contributed by atoms with Crippen LogP contribution in [0.4, 0.5) is 0 Å². The zero-order valence-electron chi connectivity index (χ0n) is 18.2. The van der Waals surface area contributed by atoms with Crippen LogP contribution in [0.25, 0.3) is 0 Å². The van der Waals surface area contributed by atoms with Crippen LogP contribution in [0.2, 0.25) is 5.02 Å². The van der Waals surface area contributed by atoms with Crippen molar-refractivity contribution in [2.45, 2.75) is 33.1 Å². The van der Waals surface area contributed by atoms with Crippen molar-refractivity contribution in [1.29, 1.82) is 0 Å². The highest BCUT2D eigenvalue weighted by Crippen LogP contribution is 2.41. The first-order valence-electron chi connectivity index (χ1n) is 10.5. The Kier molecular flexibility index (Phi) is 6.92. The maximum Gasteiger partial charge on any atom is 0.231 e. The second-order valence-electron chi connectivity index (χ2n) is 7.36. The Balaban J connectivity index is 1.57. The number of halogens is 1. The summed E-state index contributed by atoms with van der Waals surface area (Å²) in [6.45, 7) is 0.416. The van der Waals surface area contributed by atoms with Gasteiger partial charge >= 0.3 is 0 Å². The van der Waals surface area contributed by atoms with Crippen molar-refractivity contribution < 1.29 is 19.3 Å². The van der Waals surface area contributed by atoms with Gasteiger partial charge in [-0.05, 0) is 35.9 Å². The lowest BCUT2D eigenvalue weighted by molar-refractivity contribution is 0.174. The Labute approximate surface area is 210 Å². The number of methoxy groups -OCH3 is 1.